The summed E-state index contributed by atoms with van der Waals surface area (Å²) < 4.78 is 13.4. The van der Waals surface area contributed by atoms with E-state index in [4.69, 9.17) is 5.73 Å². The van der Waals surface area contributed by atoms with E-state index in [0.717, 1.165) is 43.6 Å². The quantitative estimate of drug-likeness (QED) is 0.907. The third-order valence-corrected chi connectivity index (χ3v) is 4.82. The Bertz CT molecular complexity index is 438. The van der Waals surface area contributed by atoms with Crippen LogP contribution in [0.3, 0.4) is 0 Å². The van der Waals surface area contributed by atoms with Gasteiger partial charge < -0.3 is 10.6 Å². The van der Waals surface area contributed by atoms with Crippen molar-refractivity contribution in [3.63, 3.8) is 0 Å². The highest BCUT2D eigenvalue weighted by atomic mass is 19.1. The molecule has 0 radical (unpaired) electrons. The lowest BCUT2D eigenvalue weighted by Gasteiger charge is -2.31. The van der Waals surface area contributed by atoms with Crippen molar-refractivity contribution in [1.29, 1.82) is 0 Å². The Labute approximate surface area is 114 Å². The molecular formula is C16H23FN2. The summed E-state index contributed by atoms with van der Waals surface area (Å²) in [4.78, 5) is 2.38. The molecule has 0 atom stereocenters. The van der Waals surface area contributed by atoms with Crippen LogP contribution in [0, 0.1) is 17.7 Å². The molecule has 0 bridgehead atoms. The first kappa shape index (κ1) is 12.9. The standard InChI is InChI=1S/C16H23FN2/c17-15-6-5-14-7-8-19(16(14)9-15)11-13-3-1-12(10-18)2-4-13/h5-6,9,12-13H,1-4,7-8,10-11,18H2. The van der Waals surface area contributed by atoms with Gasteiger partial charge in [-0.1, -0.05) is 6.07 Å². The number of hydrogen-bond acceptors (Lipinski definition) is 2. The number of benzene rings is 1. The molecule has 2 nitrogen and oxygen atoms in total. The molecule has 0 spiro atoms. The number of rotatable bonds is 3. The van der Waals surface area contributed by atoms with E-state index in [9.17, 15) is 4.39 Å². The Morgan fingerprint density at radius 1 is 1.16 bits per heavy atom. The number of fused-ring (bicyclic) bond motifs is 1. The molecule has 1 fully saturated rings. The molecule has 2 aliphatic rings. The van der Waals surface area contributed by atoms with Crippen LogP contribution in [0.15, 0.2) is 18.2 Å². The Kier molecular flexibility index (Phi) is 3.74. The van der Waals surface area contributed by atoms with Crippen molar-refractivity contribution in [2.75, 3.05) is 24.5 Å². The van der Waals surface area contributed by atoms with E-state index in [1.165, 1.54) is 31.2 Å². The van der Waals surface area contributed by atoms with Crippen LogP contribution in [0.25, 0.3) is 0 Å². The van der Waals surface area contributed by atoms with Gasteiger partial charge in [0.05, 0.1) is 0 Å². The van der Waals surface area contributed by atoms with E-state index < -0.39 is 0 Å². The minimum atomic E-state index is -0.113. The second kappa shape index (κ2) is 5.49. The zero-order valence-corrected chi connectivity index (χ0v) is 11.4. The van der Waals surface area contributed by atoms with Gasteiger partial charge in [0.1, 0.15) is 5.82 Å². The van der Waals surface area contributed by atoms with Crippen LogP contribution in [0.2, 0.25) is 0 Å². The van der Waals surface area contributed by atoms with Gasteiger partial charge in [0.25, 0.3) is 0 Å². The summed E-state index contributed by atoms with van der Waals surface area (Å²) >= 11 is 0. The van der Waals surface area contributed by atoms with E-state index >= 15 is 0 Å². The van der Waals surface area contributed by atoms with Gasteiger partial charge >= 0.3 is 0 Å². The second-order valence-corrected chi connectivity index (χ2v) is 6.09. The highest BCUT2D eigenvalue weighted by Gasteiger charge is 2.25. The molecule has 104 valence electrons. The number of nitrogens with two attached hydrogens (primary N) is 1. The average Bonchev–Trinajstić information content (AvgIpc) is 2.82. The molecule has 0 amide bonds. The molecule has 2 N–H and O–H groups in total. The summed E-state index contributed by atoms with van der Waals surface area (Å²) in [5.41, 5.74) is 8.17. The lowest BCUT2D eigenvalue weighted by molar-refractivity contribution is 0.282. The summed E-state index contributed by atoms with van der Waals surface area (Å²) in [5.74, 6) is 1.38. The first-order chi connectivity index (χ1) is 9.26. The fraction of sp³-hybridized carbons (Fsp3) is 0.625. The van der Waals surface area contributed by atoms with Crippen molar-refractivity contribution in [1.82, 2.24) is 0 Å². The van der Waals surface area contributed by atoms with E-state index in [1.807, 2.05) is 6.07 Å². The van der Waals surface area contributed by atoms with E-state index in [2.05, 4.69) is 4.90 Å². The maximum Gasteiger partial charge on any atom is 0.125 e. The smallest absolute Gasteiger partial charge is 0.125 e. The Morgan fingerprint density at radius 3 is 2.63 bits per heavy atom. The van der Waals surface area contributed by atoms with Crippen molar-refractivity contribution in [2.24, 2.45) is 17.6 Å². The predicted molar refractivity (Wildman–Crippen MR) is 76.8 cm³/mol. The van der Waals surface area contributed by atoms with Gasteiger partial charge in [-0.3, -0.25) is 0 Å². The number of nitrogens with zero attached hydrogens (tertiary/aromatic N) is 1. The Balaban J connectivity index is 1.62. The maximum absolute atomic E-state index is 13.4. The highest BCUT2D eigenvalue weighted by molar-refractivity contribution is 5.58. The molecule has 3 rings (SSSR count). The number of halogens is 1. The normalized spacial score (nSPS) is 26.5. The van der Waals surface area contributed by atoms with Gasteiger partial charge in [-0.25, -0.2) is 4.39 Å². The fourth-order valence-electron chi connectivity index (χ4n) is 3.57. The number of hydrogen-bond donors (Lipinski definition) is 1. The SMILES string of the molecule is NCC1CCC(CN2CCc3ccc(F)cc32)CC1. The molecule has 19 heavy (non-hydrogen) atoms. The van der Waals surface area contributed by atoms with Crippen molar-refractivity contribution < 1.29 is 4.39 Å². The lowest BCUT2D eigenvalue weighted by Crippen LogP contribution is -2.31. The van der Waals surface area contributed by atoms with E-state index in [0.29, 0.717) is 0 Å². The van der Waals surface area contributed by atoms with Crippen LogP contribution < -0.4 is 10.6 Å². The summed E-state index contributed by atoms with van der Waals surface area (Å²) in [7, 11) is 0. The molecule has 0 unspecified atom stereocenters. The molecule has 1 saturated carbocycles. The minimum absolute atomic E-state index is 0.113. The molecule has 0 saturated heterocycles. The highest BCUT2D eigenvalue weighted by Crippen LogP contribution is 2.33. The monoisotopic (exact) mass is 262 g/mol. The lowest BCUT2D eigenvalue weighted by atomic mass is 9.82. The first-order valence-electron chi connectivity index (χ1n) is 7.49. The minimum Gasteiger partial charge on any atom is -0.371 e. The molecule has 1 aromatic carbocycles. The zero-order chi connectivity index (χ0) is 13.2. The van der Waals surface area contributed by atoms with Gasteiger partial charge in [-0.15, -0.1) is 0 Å². The molecule has 3 heteroatoms. The molecular weight excluding hydrogens is 239 g/mol. The summed E-state index contributed by atoms with van der Waals surface area (Å²) in [6.07, 6.45) is 6.16. The molecule has 0 aromatic heterocycles. The third kappa shape index (κ3) is 2.76. The Morgan fingerprint density at radius 2 is 1.89 bits per heavy atom. The average molecular weight is 262 g/mol. The topological polar surface area (TPSA) is 29.3 Å². The first-order valence-corrected chi connectivity index (χ1v) is 7.49. The van der Waals surface area contributed by atoms with Crippen molar-refractivity contribution in [3.05, 3.63) is 29.6 Å². The Hall–Kier alpha value is -1.09. The van der Waals surface area contributed by atoms with Gasteiger partial charge in [0.15, 0.2) is 0 Å². The van der Waals surface area contributed by atoms with Crippen LogP contribution in [0.5, 0.6) is 0 Å². The van der Waals surface area contributed by atoms with E-state index in [-0.39, 0.29) is 5.82 Å². The molecule has 1 aliphatic heterocycles. The van der Waals surface area contributed by atoms with Crippen molar-refractivity contribution in [2.45, 2.75) is 32.1 Å². The molecule has 1 heterocycles. The predicted octanol–water partition coefficient (Wildman–Crippen LogP) is 2.95. The molecule has 1 aromatic rings. The van der Waals surface area contributed by atoms with E-state index in [1.54, 1.807) is 12.1 Å². The van der Waals surface area contributed by atoms with Gasteiger partial charge in [0.2, 0.25) is 0 Å². The van der Waals surface area contributed by atoms with Crippen molar-refractivity contribution in [3.8, 4) is 0 Å². The zero-order valence-electron chi connectivity index (χ0n) is 11.4. The van der Waals surface area contributed by atoms with Crippen molar-refractivity contribution >= 4 is 5.69 Å². The largest absolute Gasteiger partial charge is 0.371 e. The summed E-state index contributed by atoms with van der Waals surface area (Å²) in [6, 6.07) is 5.22. The van der Waals surface area contributed by atoms with Crippen LogP contribution in [-0.4, -0.2) is 19.6 Å². The summed E-state index contributed by atoms with van der Waals surface area (Å²) in [6.45, 7) is 2.98. The van der Waals surface area contributed by atoms with Gasteiger partial charge in [-0.2, -0.15) is 0 Å². The van der Waals surface area contributed by atoms with Crippen LogP contribution >= 0.6 is 0 Å². The fourth-order valence-corrected chi connectivity index (χ4v) is 3.57. The number of anilines is 1. The van der Waals surface area contributed by atoms with Crippen LogP contribution in [-0.2, 0) is 6.42 Å². The van der Waals surface area contributed by atoms with Gasteiger partial charge in [-0.05, 0) is 68.2 Å². The third-order valence-electron chi connectivity index (χ3n) is 4.82. The van der Waals surface area contributed by atoms with Crippen LogP contribution in [0.4, 0.5) is 10.1 Å². The van der Waals surface area contributed by atoms with Crippen LogP contribution in [0.1, 0.15) is 31.2 Å². The molecule has 1 aliphatic carbocycles. The summed E-state index contributed by atoms with van der Waals surface area (Å²) in [5, 5.41) is 0. The second-order valence-electron chi connectivity index (χ2n) is 6.09. The van der Waals surface area contributed by atoms with Gasteiger partial charge in [0, 0.05) is 18.8 Å². The maximum atomic E-state index is 13.4.